The zero-order chi connectivity index (χ0) is 14.5. The van der Waals surface area contributed by atoms with E-state index in [4.69, 9.17) is 4.74 Å². The van der Waals surface area contributed by atoms with Crippen molar-refractivity contribution in [3.63, 3.8) is 0 Å². The van der Waals surface area contributed by atoms with Crippen LogP contribution in [0.25, 0.3) is 0 Å². The van der Waals surface area contributed by atoms with E-state index in [0.29, 0.717) is 0 Å². The highest BCUT2D eigenvalue weighted by molar-refractivity contribution is 7.09. The first-order chi connectivity index (χ1) is 10.3. The Morgan fingerprint density at radius 2 is 1.86 bits per heavy atom. The van der Waals surface area contributed by atoms with E-state index in [2.05, 4.69) is 17.2 Å². The summed E-state index contributed by atoms with van der Waals surface area (Å²) in [5, 5.41) is 3.46. The molecule has 3 rings (SSSR count). The zero-order valence-corrected chi connectivity index (χ0v) is 12.5. The maximum absolute atomic E-state index is 5.84. The van der Waals surface area contributed by atoms with Gasteiger partial charge in [0.1, 0.15) is 11.5 Å². The molecule has 1 unspecified atom stereocenters. The molecule has 3 nitrogen and oxygen atoms in total. The van der Waals surface area contributed by atoms with Crippen LogP contribution in [0.5, 0.6) is 11.5 Å². The zero-order valence-electron chi connectivity index (χ0n) is 11.7. The van der Waals surface area contributed by atoms with Crippen molar-refractivity contribution in [3.8, 4) is 11.5 Å². The van der Waals surface area contributed by atoms with Crippen LogP contribution >= 0.6 is 11.3 Å². The Hall–Kier alpha value is -2.33. The molecule has 21 heavy (non-hydrogen) atoms. The van der Waals surface area contributed by atoms with E-state index in [-0.39, 0.29) is 6.04 Å². The van der Waals surface area contributed by atoms with Gasteiger partial charge in [0.15, 0.2) is 0 Å². The lowest BCUT2D eigenvalue weighted by molar-refractivity contribution is 0.483. The fraction of sp³-hybridized carbons (Fsp3) is 0.118. The topological polar surface area (TPSA) is 34.1 Å². The third-order valence-corrected chi connectivity index (χ3v) is 4.03. The maximum atomic E-state index is 5.84. The first kappa shape index (κ1) is 13.6. The molecule has 1 heterocycles. The van der Waals surface area contributed by atoms with Crippen molar-refractivity contribution in [2.45, 2.75) is 13.0 Å². The number of aromatic nitrogens is 1. The van der Waals surface area contributed by atoms with Crippen LogP contribution in [0.4, 0.5) is 5.69 Å². The standard InChI is InChI=1S/C17H16N2OS/c1-13(17-11-18-12-21-17)19-14-6-5-9-16(10-14)20-15-7-3-2-4-8-15/h2-13,19H,1H3. The average Bonchev–Trinajstić information content (AvgIpc) is 3.03. The Morgan fingerprint density at radius 3 is 2.62 bits per heavy atom. The van der Waals surface area contributed by atoms with E-state index in [1.54, 1.807) is 11.3 Å². The minimum absolute atomic E-state index is 0.226. The summed E-state index contributed by atoms with van der Waals surface area (Å²) in [6.07, 6.45) is 1.90. The second-order valence-corrected chi connectivity index (χ2v) is 5.63. The number of anilines is 1. The van der Waals surface area contributed by atoms with Gasteiger partial charge in [-0.05, 0) is 31.2 Å². The van der Waals surface area contributed by atoms with Gasteiger partial charge in [-0.2, -0.15) is 0 Å². The molecule has 0 aliphatic rings. The molecule has 0 aliphatic heterocycles. The lowest BCUT2D eigenvalue weighted by Crippen LogP contribution is -2.04. The lowest BCUT2D eigenvalue weighted by Gasteiger charge is -2.14. The molecule has 0 aliphatic carbocycles. The molecule has 2 aromatic carbocycles. The predicted molar refractivity (Wildman–Crippen MR) is 87.1 cm³/mol. The fourth-order valence-corrected chi connectivity index (χ4v) is 2.66. The molecule has 0 spiro atoms. The van der Waals surface area contributed by atoms with Crippen LogP contribution in [0.15, 0.2) is 66.3 Å². The Kier molecular flexibility index (Phi) is 4.17. The number of nitrogens with one attached hydrogen (secondary N) is 1. The minimum atomic E-state index is 0.226. The molecule has 0 bridgehead atoms. The van der Waals surface area contributed by atoms with Crippen LogP contribution in [0, 0.1) is 0 Å². The Labute approximate surface area is 128 Å². The van der Waals surface area contributed by atoms with Crippen molar-refractivity contribution in [1.29, 1.82) is 0 Å². The summed E-state index contributed by atoms with van der Waals surface area (Å²) in [4.78, 5) is 5.32. The smallest absolute Gasteiger partial charge is 0.129 e. The van der Waals surface area contributed by atoms with Gasteiger partial charge in [-0.25, -0.2) is 0 Å². The molecule has 0 saturated heterocycles. The largest absolute Gasteiger partial charge is 0.457 e. The van der Waals surface area contributed by atoms with Gasteiger partial charge in [0, 0.05) is 22.8 Å². The number of hydrogen-bond donors (Lipinski definition) is 1. The van der Waals surface area contributed by atoms with Gasteiger partial charge in [-0.15, -0.1) is 11.3 Å². The Balaban J connectivity index is 1.71. The third kappa shape index (κ3) is 3.61. The van der Waals surface area contributed by atoms with Gasteiger partial charge >= 0.3 is 0 Å². The molecule has 106 valence electrons. The second kappa shape index (κ2) is 6.41. The van der Waals surface area contributed by atoms with E-state index in [1.165, 1.54) is 4.88 Å². The molecule has 0 saturated carbocycles. The lowest BCUT2D eigenvalue weighted by atomic mass is 10.2. The van der Waals surface area contributed by atoms with Crippen molar-refractivity contribution < 1.29 is 4.74 Å². The van der Waals surface area contributed by atoms with Crippen LogP contribution in [0.2, 0.25) is 0 Å². The maximum Gasteiger partial charge on any atom is 0.129 e. The van der Waals surface area contributed by atoms with E-state index in [0.717, 1.165) is 17.2 Å². The number of benzene rings is 2. The van der Waals surface area contributed by atoms with E-state index >= 15 is 0 Å². The summed E-state index contributed by atoms with van der Waals surface area (Å²) in [5.74, 6) is 1.66. The van der Waals surface area contributed by atoms with Gasteiger partial charge in [0.05, 0.1) is 11.6 Å². The van der Waals surface area contributed by atoms with Crippen molar-refractivity contribution in [2.75, 3.05) is 5.32 Å². The highest BCUT2D eigenvalue weighted by Crippen LogP contribution is 2.27. The molecule has 0 amide bonds. The van der Waals surface area contributed by atoms with Crippen LogP contribution in [-0.2, 0) is 0 Å². The molecule has 1 N–H and O–H groups in total. The van der Waals surface area contributed by atoms with Crippen molar-refractivity contribution in [2.24, 2.45) is 0 Å². The number of para-hydroxylation sites is 1. The molecule has 1 aromatic heterocycles. The average molecular weight is 296 g/mol. The summed E-state index contributed by atoms with van der Waals surface area (Å²) >= 11 is 1.65. The number of hydrogen-bond acceptors (Lipinski definition) is 4. The number of thiazole rings is 1. The highest BCUT2D eigenvalue weighted by atomic mass is 32.1. The van der Waals surface area contributed by atoms with Crippen molar-refractivity contribution >= 4 is 17.0 Å². The summed E-state index contributed by atoms with van der Waals surface area (Å²) < 4.78 is 5.84. The summed E-state index contributed by atoms with van der Waals surface area (Å²) in [6, 6.07) is 18.0. The van der Waals surface area contributed by atoms with E-state index in [1.807, 2.05) is 66.3 Å². The van der Waals surface area contributed by atoms with E-state index < -0.39 is 0 Å². The third-order valence-electron chi connectivity index (χ3n) is 3.07. The number of nitrogens with zero attached hydrogens (tertiary/aromatic N) is 1. The number of ether oxygens (including phenoxy) is 1. The van der Waals surface area contributed by atoms with Gasteiger partial charge in [-0.3, -0.25) is 4.98 Å². The van der Waals surface area contributed by atoms with Gasteiger partial charge in [0.2, 0.25) is 0 Å². The molecular weight excluding hydrogens is 280 g/mol. The first-order valence-corrected chi connectivity index (χ1v) is 7.67. The minimum Gasteiger partial charge on any atom is -0.457 e. The van der Waals surface area contributed by atoms with Gasteiger partial charge in [0.25, 0.3) is 0 Å². The monoisotopic (exact) mass is 296 g/mol. The fourth-order valence-electron chi connectivity index (χ4n) is 2.03. The van der Waals surface area contributed by atoms with Crippen LogP contribution in [0.1, 0.15) is 17.8 Å². The SMILES string of the molecule is CC(Nc1cccc(Oc2ccccc2)c1)c1cncs1. The molecule has 4 heteroatoms. The van der Waals surface area contributed by atoms with Gasteiger partial charge < -0.3 is 10.1 Å². The number of rotatable bonds is 5. The summed E-state index contributed by atoms with van der Waals surface area (Å²) in [6.45, 7) is 2.12. The van der Waals surface area contributed by atoms with Crippen LogP contribution in [0.3, 0.4) is 0 Å². The molecule has 0 radical (unpaired) electrons. The Morgan fingerprint density at radius 1 is 1.05 bits per heavy atom. The van der Waals surface area contributed by atoms with Crippen molar-refractivity contribution in [3.05, 3.63) is 71.2 Å². The molecular formula is C17H16N2OS. The van der Waals surface area contributed by atoms with E-state index in [9.17, 15) is 0 Å². The quantitative estimate of drug-likeness (QED) is 0.710. The van der Waals surface area contributed by atoms with Crippen LogP contribution in [-0.4, -0.2) is 4.98 Å². The summed E-state index contributed by atoms with van der Waals surface area (Å²) in [5.41, 5.74) is 2.88. The molecule has 3 aromatic rings. The predicted octanol–water partition coefficient (Wildman–Crippen LogP) is 5.11. The molecule has 1 atom stereocenters. The first-order valence-electron chi connectivity index (χ1n) is 6.79. The Bertz CT molecular complexity index is 683. The molecule has 0 fully saturated rings. The van der Waals surface area contributed by atoms with Crippen molar-refractivity contribution in [1.82, 2.24) is 4.98 Å². The van der Waals surface area contributed by atoms with Crippen LogP contribution < -0.4 is 10.1 Å². The second-order valence-electron chi connectivity index (χ2n) is 4.71. The normalized spacial score (nSPS) is 11.9. The summed E-state index contributed by atoms with van der Waals surface area (Å²) in [7, 11) is 0. The highest BCUT2D eigenvalue weighted by Gasteiger charge is 2.07. The van der Waals surface area contributed by atoms with Gasteiger partial charge in [-0.1, -0.05) is 24.3 Å².